The monoisotopic (exact) mass is 850 g/mol. The van der Waals surface area contributed by atoms with Gasteiger partial charge in [0.2, 0.25) is 0 Å². The van der Waals surface area contributed by atoms with E-state index in [1.807, 2.05) is 51.8 Å². The molecule has 1 amide bonds. The quantitative estimate of drug-likeness (QED) is 0.122. The van der Waals surface area contributed by atoms with Gasteiger partial charge in [-0.05, 0) is 106 Å². The number of pyridine rings is 1. The molecule has 2 aromatic heterocycles. The topological polar surface area (TPSA) is 83.9 Å². The maximum atomic E-state index is 17.6. The number of hydrogen-bond acceptors (Lipinski definition) is 8. The van der Waals surface area contributed by atoms with E-state index in [4.69, 9.17) is 24.4 Å². The Morgan fingerprint density at radius 1 is 1.02 bits per heavy atom. The fourth-order valence-corrected chi connectivity index (χ4v) is 16.7. The second-order valence-electron chi connectivity index (χ2n) is 20.6. The number of likely N-dealkylation sites (tertiary alicyclic amines) is 1. The molecule has 12 heteroatoms. The predicted molar refractivity (Wildman–Crippen MR) is 243 cm³/mol. The molecule has 3 aliphatic heterocycles. The molecule has 3 atom stereocenters. The van der Waals surface area contributed by atoms with Crippen LogP contribution in [-0.4, -0.2) is 95.4 Å². The first kappa shape index (κ1) is 43.3. The average molecular weight is 851 g/mol. The van der Waals surface area contributed by atoms with Crippen molar-refractivity contribution in [2.45, 2.75) is 148 Å². The molecule has 9 nitrogen and oxygen atoms in total. The molecule has 0 N–H and O–H groups in total. The van der Waals surface area contributed by atoms with E-state index >= 15 is 8.78 Å². The minimum Gasteiger partial charge on any atom is -0.461 e. The van der Waals surface area contributed by atoms with Crippen molar-refractivity contribution in [1.29, 1.82) is 0 Å². The molecule has 326 valence electrons. The lowest BCUT2D eigenvalue weighted by atomic mass is 9.89. The van der Waals surface area contributed by atoms with Crippen molar-refractivity contribution in [1.82, 2.24) is 24.8 Å². The van der Waals surface area contributed by atoms with Crippen LogP contribution in [0, 0.1) is 28.5 Å². The Bertz CT molecular complexity index is 2400. The standard InChI is InChI=1S/C49H64F2N6O3Si/c1-30(2)61(31(3)4,32(5)6)25-19-35-38(50)17-16-34-14-12-15-36(40(34)35)42-41(51)43-37(26-52-42)44(55(11)39-18-24-57(33(39)7)46(58)60-47(8,9)10)54-45(53-43)59-29-49-20-13-23-56(49)28-48(27-49)21-22-48/h12,14-17,26,30-33,39H,13,18,20-24,27-29H2,1-11H3/t33-,39-,49?/m1/s1. The average Bonchev–Trinajstić information content (AvgIpc) is 3.49. The first-order valence-corrected chi connectivity index (χ1v) is 24.7. The van der Waals surface area contributed by atoms with Crippen LogP contribution < -0.4 is 9.64 Å². The number of aromatic nitrogens is 3. The highest BCUT2D eigenvalue weighted by molar-refractivity contribution is 6.90. The molecule has 4 aromatic rings. The Balaban J connectivity index is 1.24. The number of ether oxygens (including phenoxy) is 2. The number of benzene rings is 2. The Morgan fingerprint density at radius 2 is 1.74 bits per heavy atom. The maximum Gasteiger partial charge on any atom is 0.410 e. The van der Waals surface area contributed by atoms with Crippen LogP contribution in [0.1, 0.15) is 113 Å². The van der Waals surface area contributed by atoms with E-state index in [-0.39, 0.29) is 46.5 Å². The fourth-order valence-electron chi connectivity index (χ4n) is 11.5. The van der Waals surface area contributed by atoms with Crippen molar-refractivity contribution in [3.8, 4) is 28.7 Å². The minimum absolute atomic E-state index is 0.0578. The molecule has 0 radical (unpaired) electrons. The van der Waals surface area contributed by atoms with Crippen LogP contribution in [0.2, 0.25) is 16.6 Å². The molecule has 5 heterocycles. The molecule has 1 saturated carbocycles. The smallest absolute Gasteiger partial charge is 0.410 e. The lowest BCUT2D eigenvalue weighted by Crippen LogP contribution is -2.45. The minimum atomic E-state index is -2.24. The predicted octanol–water partition coefficient (Wildman–Crippen LogP) is 10.9. The van der Waals surface area contributed by atoms with Crippen molar-refractivity contribution in [3.05, 3.63) is 53.7 Å². The van der Waals surface area contributed by atoms with E-state index < -0.39 is 25.3 Å². The van der Waals surface area contributed by atoms with E-state index in [1.54, 1.807) is 23.2 Å². The summed E-state index contributed by atoms with van der Waals surface area (Å²) in [7, 11) is -0.315. The number of nitrogens with zero attached hydrogens (tertiary/aromatic N) is 6. The number of amides is 1. The molecule has 3 saturated heterocycles. The van der Waals surface area contributed by atoms with Crippen molar-refractivity contribution in [2.75, 3.05) is 38.2 Å². The molecular formula is C49H64F2N6O3Si. The van der Waals surface area contributed by atoms with Gasteiger partial charge in [0.05, 0.1) is 28.6 Å². The molecule has 8 rings (SSSR count). The highest BCUT2D eigenvalue weighted by Crippen LogP contribution is 2.60. The number of carbonyl (C=O) groups is 1. The van der Waals surface area contributed by atoms with Gasteiger partial charge in [-0.2, -0.15) is 9.97 Å². The third-order valence-corrected chi connectivity index (χ3v) is 21.0. The SMILES string of the molecule is CC(C)[Si](C#Cc1c(F)ccc2cccc(-c3ncc4c(N(C)[C@@H]5CCN(C(=O)OC(C)(C)C)[C@@H]5C)nc(OCC56CCCN5CC5(CC5)C6)nc4c3F)c12)(C(C)C)C(C)C. The van der Waals surface area contributed by atoms with Crippen LogP contribution in [0.3, 0.4) is 0 Å². The van der Waals surface area contributed by atoms with Crippen LogP contribution >= 0.6 is 0 Å². The van der Waals surface area contributed by atoms with E-state index in [1.165, 1.54) is 18.9 Å². The van der Waals surface area contributed by atoms with Gasteiger partial charge in [-0.15, -0.1) is 5.54 Å². The van der Waals surface area contributed by atoms with Crippen molar-refractivity contribution in [3.63, 3.8) is 0 Å². The third kappa shape index (κ3) is 7.66. The zero-order chi connectivity index (χ0) is 43.8. The van der Waals surface area contributed by atoms with E-state index in [0.29, 0.717) is 63.8 Å². The summed E-state index contributed by atoms with van der Waals surface area (Å²) < 4.78 is 46.2. The highest BCUT2D eigenvalue weighted by Gasteiger charge is 2.60. The number of hydrogen-bond donors (Lipinski definition) is 0. The lowest BCUT2D eigenvalue weighted by molar-refractivity contribution is 0.0233. The Kier molecular flexibility index (Phi) is 11.2. The summed E-state index contributed by atoms with van der Waals surface area (Å²) in [5.74, 6) is 2.75. The van der Waals surface area contributed by atoms with Crippen LogP contribution in [0.4, 0.5) is 19.4 Å². The molecule has 4 aliphatic rings. The molecule has 1 aliphatic carbocycles. The van der Waals surface area contributed by atoms with Crippen LogP contribution in [0.15, 0.2) is 36.5 Å². The van der Waals surface area contributed by atoms with Crippen molar-refractivity contribution in [2.24, 2.45) is 5.41 Å². The number of halogens is 2. The van der Waals surface area contributed by atoms with Gasteiger partial charge in [-0.25, -0.2) is 13.6 Å². The van der Waals surface area contributed by atoms with Gasteiger partial charge < -0.3 is 19.3 Å². The second-order valence-corrected chi connectivity index (χ2v) is 26.2. The zero-order valence-corrected chi connectivity index (χ0v) is 39.1. The summed E-state index contributed by atoms with van der Waals surface area (Å²) in [6.07, 6.45) is 7.71. The summed E-state index contributed by atoms with van der Waals surface area (Å²) in [4.78, 5) is 34.3. The van der Waals surface area contributed by atoms with Crippen molar-refractivity contribution < 1.29 is 23.0 Å². The molecule has 2 aromatic carbocycles. The van der Waals surface area contributed by atoms with Gasteiger partial charge in [0, 0.05) is 37.3 Å². The molecule has 61 heavy (non-hydrogen) atoms. The van der Waals surface area contributed by atoms with Gasteiger partial charge in [-0.3, -0.25) is 9.88 Å². The van der Waals surface area contributed by atoms with Gasteiger partial charge in [0.1, 0.15) is 43.1 Å². The Hall–Kier alpha value is -4.34. The zero-order valence-electron chi connectivity index (χ0n) is 38.1. The molecule has 1 spiro atoms. The summed E-state index contributed by atoms with van der Waals surface area (Å²) in [5.41, 5.74) is 5.29. The molecule has 0 bridgehead atoms. The summed E-state index contributed by atoms with van der Waals surface area (Å²) in [5, 5.41) is 1.70. The normalized spacial score (nSPS) is 22.5. The molecular weight excluding hydrogens is 787 g/mol. The van der Waals surface area contributed by atoms with Gasteiger partial charge >= 0.3 is 12.1 Å². The third-order valence-electron chi connectivity index (χ3n) is 14.7. The summed E-state index contributed by atoms with van der Waals surface area (Å²) >= 11 is 0. The van der Waals surface area contributed by atoms with Crippen LogP contribution in [0.25, 0.3) is 32.9 Å². The van der Waals surface area contributed by atoms with Crippen LogP contribution in [0.5, 0.6) is 6.01 Å². The molecule has 1 unspecified atom stereocenters. The summed E-state index contributed by atoms with van der Waals surface area (Å²) in [6, 6.07) is 8.45. The number of rotatable bonds is 9. The van der Waals surface area contributed by atoms with E-state index in [2.05, 4.69) is 57.9 Å². The number of carbonyl (C=O) groups excluding carboxylic acids is 1. The Morgan fingerprint density at radius 3 is 2.41 bits per heavy atom. The second kappa shape index (κ2) is 15.8. The van der Waals surface area contributed by atoms with Crippen molar-refractivity contribution >= 4 is 41.7 Å². The maximum absolute atomic E-state index is 17.6. The van der Waals surface area contributed by atoms with E-state index in [0.717, 1.165) is 37.7 Å². The first-order chi connectivity index (χ1) is 28.8. The summed E-state index contributed by atoms with van der Waals surface area (Å²) in [6.45, 7) is 24.1. The van der Waals surface area contributed by atoms with Gasteiger partial charge in [0.25, 0.3) is 0 Å². The largest absolute Gasteiger partial charge is 0.461 e. The Labute approximate surface area is 362 Å². The van der Waals surface area contributed by atoms with Gasteiger partial charge in [0.15, 0.2) is 5.82 Å². The van der Waals surface area contributed by atoms with Crippen LogP contribution in [-0.2, 0) is 4.74 Å². The highest BCUT2D eigenvalue weighted by atomic mass is 28.3. The number of anilines is 1. The van der Waals surface area contributed by atoms with E-state index in [9.17, 15) is 4.79 Å². The first-order valence-electron chi connectivity index (χ1n) is 22.5. The number of fused-ring (bicyclic) bond motifs is 3. The molecule has 4 fully saturated rings. The number of likely N-dealkylation sites (N-methyl/N-ethyl adjacent to an activating group) is 1. The van der Waals surface area contributed by atoms with Gasteiger partial charge in [-0.1, -0.05) is 71.7 Å². The lowest BCUT2D eigenvalue weighted by Gasteiger charge is -2.38. The fraction of sp³-hybridized carbons (Fsp3) is 0.592.